The van der Waals surface area contributed by atoms with Crippen LogP contribution in [0.1, 0.15) is 12.8 Å². The summed E-state index contributed by atoms with van der Waals surface area (Å²) in [5.41, 5.74) is 0. The van der Waals surface area contributed by atoms with Gasteiger partial charge in [0.25, 0.3) is 0 Å². The van der Waals surface area contributed by atoms with Crippen molar-refractivity contribution in [3.8, 4) is 0 Å². The minimum Gasteiger partial charge on any atom is -0.507 e. The van der Waals surface area contributed by atoms with E-state index in [1.54, 1.807) is 11.8 Å². The molecule has 0 aromatic carbocycles. The summed E-state index contributed by atoms with van der Waals surface area (Å²) >= 11 is 8.14. The van der Waals surface area contributed by atoms with Gasteiger partial charge >= 0.3 is 6.80 Å². The smallest absolute Gasteiger partial charge is 0.391 e. The first-order chi connectivity index (χ1) is 15.8. The highest BCUT2D eigenvalue weighted by atomic mass is 32.7. The summed E-state index contributed by atoms with van der Waals surface area (Å²) in [6.07, 6.45) is 2.43. The van der Waals surface area contributed by atoms with Crippen LogP contribution >= 0.6 is 42.2 Å². The minimum absolute atomic E-state index is 0.00535. The average Bonchev–Trinajstić information content (AvgIpc) is 3.39. The number of aliphatic hydroxyl groups excluding tert-OH is 1. The molecule has 5 fully saturated rings. The second kappa shape index (κ2) is 8.32. The van der Waals surface area contributed by atoms with E-state index in [4.69, 9.17) is 30.7 Å². The van der Waals surface area contributed by atoms with Gasteiger partial charge in [0, 0.05) is 5.92 Å². The molecule has 0 aromatic rings. The summed E-state index contributed by atoms with van der Waals surface area (Å²) in [5, 5.41) is 13.7. The molecule has 6 aliphatic rings. The lowest BCUT2D eigenvalue weighted by Gasteiger charge is -2.47. The molecular formula is C19H24N3O7PS3. The molecule has 0 spiro atoms. The van der Waals surface area contributed by atoms with Gasteiger partial charge in [-0.25, -0.2) is 4.57 Å². The summed E-state index contributed by atoms with van der Waals surface area (Å²) in [5.74, 6) is 0.610. The molecule has 4 heterocycles. The molecule has 1 saturated carbocycles. The van der Waals surface area contributed by atoms with Gasteiger partial charge in [-0.2, -0.15) is 0 Å². The quantitative estimate of drug-likeness (QED) is 0.411. The number of fused-ring (bicyclic) bond motifs is 6. The van der Waals surface area contributed by atoms with Crippen LogP contribution in [0.4, 0.5) is 0 Å². The van der Waals surface area contributed by atoms with Gasteiger partial charge in [0.2, 0.25) is 18.5 Å². The van der Waals surface area contributed by atoms with Crippen molar-refractivity contribution in [3.63, 3.8) is 0 Å². The van der Waals surface area contributed by atoms with Crippen LogP contribution in [0, 0.1) is 17.8 Å². The molecule has 7 unspecified atom stereocenters. The van der Waals surface area contributed by atoms with Gasteiger partial charge < -0.3 is 24.8 Å². The summed E-state index contributed by atoms with van der Waals surface area (Å²) in [6, 6.07) is -0.361. The van der Waals surface area contributed by atoms with Gasteiger partial charge in [-0.05, 0) is 43.3 Å². The highest BCUT2D eigenvalue weighted by molar-refractivity contribution is 8.55. The topological polar surface area (TPSA) is 110 Å². The van der Waals surface area contributed by atoms with Crippen molar-refractivity contribution in [1.29, 1.82) is 0 Å². The van der Waals surface area contributed by atoms with Crippen molar-refractivity contribution in [3.05, 3.63) is 23.4 Å². The van der Waals surface area contributed by atoms with Crippen LogP contribution in [-0.4, -0.2) is 75.6 Å². The number of carbonyl (C=O) groups excluding carboxylic acids is 1. The number of ether oxygens (including phenoxy) is 2. The number of rotatable bonds is 3. The van der Waals surface area contributed by atoms with Crippen LogP contribution in [0.5, 0.6) is 0 Å². The van der Waals surface area contributed by atoms with Gasteiger partial charge in [0.1, 0.15) is 16.3 Å². The number of allylic oxidation sites excluding steroid dienone is 1. The zero-order valence-corrected chi connectivity index (χ0v) is 21.1. The van der Waals surface area contributed by atoms with Gasteiger partial charge in [-0.3, -0.25) is 18.7 Å². The Morgan fingerprint density at radius 3 is 3.06 bits per heavy atom. The number of nitrogens with zero attached hydrogens (tertiary/aromatic N) is 2. The first-order valence-electron chi connectivity index (χ1n) is 10.8. The Balaban J connectivity index is 1.18. The Bertz CT molecular complexity index is 1010. The van der Waals surface area contributed by atoms with Crippen molar-refractivity contribution in [1.82, 2.24) is 15.1 Å². The van der Waals surface area contributed by atoms with E-state index in [0.717, 1.165) is 28.0 Å². The van der Waals surface area contributed by atoms with Crippen LogP contribution in [0.25, 0.3) is 0 Å². The fourth-order valence-electron chi connectivity index (χ4n) is 5.45. The number of piperidine rings is 1. The zero-order chi connectivity index (χ0) is 22.9. The molecule has 7 atom stereocenters. The van der Waals surface area contributed by atoms with Crippen LogP contribution in [0.15, 0.2) is 23.4 Å². The van der Waals surface area contributed by atoms with Crippen LogP contribution in [0.2, 0.25) is 0 Å². The summed E-state index contributed by atoms with van der Waals surface area (Å²) in [6.45, 7) is -2.73. The Hall–Kier alpha value is -0.950. The van der Waals surface area contributed by atoms with Gasteiger partial charge in [0.15, 0.2) is 11.5 Å². The largest absolute Gasteiger partial charge is 0.507 e. The molecule has 1 amide bonds. The predicted octanol–water partition coefficient (Wildman–Crippen LogP) is 2.56. The van der Waals surface area contributed by atoms with E-state index in [0.29, 0.717) is 24.7 Å². The number of hydrogen-bond acceptors (Lipinski definition) is 11. The summed E-state index contributed by atoms with van der Waals surface area (Å²) < 4.78 is 37.1. The van der Waals surface area contributed by atoms with E-state index in [2.05, 4.69) is 10.2 Å². The van der Waals surface area contributed by atoms with E-state index >= 15 is 0 Å². The number of thiocarbonyl (C=S) groups is 1. The molecule has 4 saturated heterocycles. The van der Waals surface area contributed by atoms with Gasteiger partial charge in [-0.1, -0.05) is 24.0 Å². The molecule has 0 aromatic heterocycles. The Morgan fingerprint density at radius 1 is 1.36 bits per heavy atom. The van der Waals surface area contributed by atoms with E-state index in [-0.39, 0.29) is 48.2 Å². The lowest BCUT2D eigenvalue weighted by molar-refractivity contribution is -0.135. The summed E-state index contributed by atoms with van der Waals surface area (Å²) in [7, 11) is 2.00. The van der Waals surface area contributed by atoms with Crippen LogP contribution in [0.3, 0.4) is 0 Å². The first-order valence-corrected chi connectivity index (χ1v) is 15.3. The molecule has 2 aliphatic carbocycles. The maximum atomic E-state index is 13.5. The van der Waals surface area contributed by atoms with E-state index < -0.39 is 18.8 Å². The lowest BCUT2D eigenvalue weighted by Crippen LogP contribution is -2.63. The molecule has 180 valence electrons. The number of thioether (sulfide) groups is 1. The maximum Gasteiger partial charge on any atom is 0.391 e. The third-order valence-corrected chi connectivity index (χ3v) is 12.2. The molecule has 14 heteroatoms. The fraction of sp³-hybridized carbons (Fsp3) is 0.684. The highest BCUT2D eigenvalue weighted by Crippen LogP contribution is 2.69. The van der Waals surface area contributed by atoms with Gasteiger partial charge in [-0.15, -0.1) is 0 Å². The number of hydrogen-bond donors (Lipinski definition) is 2. The number of carbonyl (C=O) groups is 1. The molecule has 0 radical (unpaired) electrons. The molecule has 4 aliphatic heterocycles. The average molecular weight is 534 g/mol. The van der Waals surface area contributed by atoms with Gasteiger partial charge in [0.05, 0.1) is 30.6 Å². The minimum atomic E-state index is -3.42. The molecule has 0 bridgehead atoms. The maximum absolute atomic E-state index is 13.5. The Labute approximate surface area is 204 Å². The van der Waals surface area contributed by atoms with Crippen LogP contribution in [-0.2, 0) is 27.9 Å². The SMILES string of the molecule is CN1CSC(=S)N(CSP2(=O)OC3CCC4C5C=C6OCOC6=C(O)C5C(=O)NC4C3O2)C1. The normalized spacial score (nSPS) is 42.5. The number of amides is 1. The lowest BCUT2D eigenvalue weighted by atomic mass is 9.65. The predicted molar refractivity (Wildman–Crippen MR) is 126 cm³/mol. The fourth-order valence-corrected chi connectivity index (χ4v) is 10.2. The number of nitrogens with one attached hydrogen (secondary N) is 1. The van der Waals surface area contributed by atoms with Crippen molar-refractivity contribution < 1.29 is 33.0 Å². The summed E-state index contributed by atoms with van der Waals surface area (Å²) in [4.78, 5) is 17.1. The monoisotopic (exact) mass is 533 g/mol. The van der Waals surface area contributed by atoms with Crippen LogP contribution < -0.4 is 5.32 Å². The zero-order valence-electron chi connectivity index (χ0n) is 17.7. The first kappa shape index (κ1) is 22.5. The Kier molecular flexibility index (Phi) is 5.68. The third kappa shape index (κ3) is 3.80. The third-order valence-electron chi connectivity index (χ3n) is 6.92. The Morgan fingerprint density at radius 2 is 2.21 bits per heavy atom. The van der Waals surface area contributed by atoms with E-state index in [9.17, 15) is 14.5 Å². The second-order valence-electron chi connectivity index (χ2n) is 8.98. The standard InChI is InChI=1S/C19H24N3O7PS3/c1-21-5-22(19(31)32-6-21)7-33-30(25)28-11-3-2-9-10-4-12-17(27-8-26-12)15(23)13(10)18(24)20-14(9)16(11)29-30/h4,9-11,13-14,16,23H,2-3,5-8H2,1H3,(H,20,24). The number of aliphatic hydroxyl groups is 1. The van der Waals surface area contributed by atoms with E-state index in [1.165, 1.54) is 0 Å². The molecule has 10 nitrogen and oxygen atoms in total. The van der Waals surface area contributed by atoms with Crippen molar-refractivity contribution in [2.75, 3.05) is 32.3 Å². The second-order valence-corrected chi connectivity index (χ2v) is 14.5. The van der Waals surface area contributed by atoms with E-state index in [1.807, 2.05) is 18.0 Å². The highest BCUT2D eigenvalue weighted by Gasteiger charge is 2.59. The van der Waals surface area contributed by atoms with Crippen molar-refractivity contribution in [2.24, 2.45) is 17.8 Å². The molecule has 33 heavy (non-hydrogen) atoms. The molecule has 6 rings (SSSR count). The van der Waals surface area contributed by atoms with Crippen molar-refractivity contribution in [2.45, 2.75) is 31.1 Å². The molecular weight excluding hydrogens is 509 g/mol. The van der Waals surface area contributed by atoms with Crippen molar-refractivity contribution >= 4 is 52.4 Å². The molecule has 2 N–H and O–H groups in total.